The summed E-state index contributed by atoms with van der Waals surface area (Å²) in [4.78, 5) is 12.8. The van der Waals surface area contributed by atoms with Crippen LogP contribution >= 0.6 is 0 Å². The molecule has 2 atom stereocenters. The summed E-state index contributed by atoms with van der Waals surface area (Å²) in [5.74, 6) is 0. The summed E-state index contributed by atoms with van der Waals surface area (Å²) in [6.07, 6.45) is -0.754. The molecule has 1 aliphatic heterocycles. The van der Waals surface area contributed by atoms with Crippen LogP contribution in [0.2, 0.25) is 0 Å². The van der Waals surface area contributed by atoms with Crippen LogP contribution in [0.25, 0.3) is 0 Å². The Kier molecular flexibility index (Phi) is 5.36. The molecule has 1 amide bonds. The van der Waals surface area contributed by atoms with Gasteiger partial charge in [0, 0.05) is 20.1 Å². The quantitative estimate of drug-likeness (QED) is 0.904. The first-order valence-electron chi connectivity index (χ1n) is 8.40. The van der Waals surface area contributed by atoms with E-state index in [-0.39, 0.29) is 12.6 Å². The van der Waals surface area contributed by atoms with Gasteiger partial charge in [0.05, 0.1) is 13.2 Å². The molecule has 0 unspecified atom stereocenters. The number of ether oxygens (including phenoxy) is 2. The predicted molar refractivity (Wildman–Crippen MR) is 94.4 cm³/mol. The molecule has 1 aliphatic rings. The first-order valence-corrected chi connectivity index (χ1v) is 8.40. The molecule has 0 aromatic heterocycles. The van der Waals surface area contributed by atoms with Gasteiger partial charge in [-0.3, -0.25) is 0 Å². The highest BCUT2D eigenvalue weighted by atomic mass is 16.5. The van der Waals surface area contributed by atoms with Crippen LogP contribution in [0.15, 0.2) is 60.7 Å². The first kappa shape index (κ1) is 17.5. The molecule has 1 N–H and O–H groups in total. The van der Waals surface area contributed by atoms with Crippen molar-refractivity contribution in [2.24, 2.45) is 0 Å². The molecule has 5 nitrogen and oxygen atoms in total. The van der Waals surface area contributed by atoms with E-state index in [9.17, 15) is 9.90 Å². The average molecular weight is 341 g/mol. The zero-order valence-corrected chi connectivity index (χ0v) is 14.3. The second-order valence-electron chi connectivity index (χ2n) is 6.22. The minimum Gasteiger partial charge on any atom is -0.465 e. The summed E-state index contributed by atoms with van der Waals surface area (Å²) < 4.78 is 12.1. The Morgan fingerprint density at radius 3 is 2.40 bits per heavy atom. The normalized spacial score (nSPS) is 23.4. The van der Waals surface area contributed by atoms with Crippen LogP contribution in [-0.2, 0) is 21.7 Å². The Balaban J connectivity index is 1.87. The molecule has 2 aromatic carbocycles. The van der Waals surface area contributed by atoms with Gasteiger partial charge in [0.15, 0.2) is 0 Å². The molecule has 1 fully saturated rings. The second-order valence-corrected chi connectivity index (χ2v) is 6.22. The Labute approximate surface area is 147 Å². The number of methoxy groups -OCH3 is 1. The second kappa shape index (κ2) is 7.68. The van der Waals surface area contributed by atoms with Gasteiger partial charge in [-0.2, -0.15) is 0 Å². The van der Waals surface area contributed by atoms with Gasteiger partial charge in [-0.1, -0.05) is 60.7 Å². The minimum absolute atomic E-state index is 0.283. The van der Waals surface area contributed by atoms with E-state index < -0.39 is 11.7 Å². The Morgan fingerprint density at radius 1 is 1.16 bits per heavy atom. The van der Waals surface area contributed by atoms with Crippen LogP contribution in [0.5, 0.6) is 0 Å². The highest BCUT2D eigenvalue weighted by molar-refractivity contribution is 5.65. The van der Waals surface area contributed by atoms with Crippen molar-refractivity contribution in [1.82, 2.24) is 4.90 Å². The van der Waals surface area contributed by atoms with Crippen LogP contribution in [0.4, 0.5) is 4.79 Å². The fourth-order valence-corrected chi connectivity index (χ4v) is 3.43. The number of hydrogen-bond donors (Lipinski definition) is 1. The van der Waals surface area contributed by atoms with Gasteiger partial charge in [0.25, 0.3) is 0 Å². The lowest BCUT2D eigenvalue weighted by molar-refractivity contribution is -0.169. The van der Waals surface area contributed by atoms with Gasteiger partial charge in [-0.05, 0) is 11.1 Å². The summed E-state index contributed by atoms with van der Waals surface area (Å²) in [6.45, 7) is 1.12. The van der Waals surface area contributed by atoms with Gasteiger partial charge in [-0.15, -0.1) is 0 Å². The van der Waals surface area contributed by atoms with Gasteiger partial charge in [0.2, 0.25) is 0 Å². The van der Waals surface area contributed by atoms with Crippen LogP contribution in [0.3, 0.4) is 0 Å². The summed E-state index contributed by atoms with van der Waals surface area (Å²) in [6, 6.07) is 19.8. The monoisotopic (exact) mass is 341 g/mol. The van der Waals surface area contributed by atoms with Crippen molar-refractivity contribution < 1.29 is 19.4 Å². The van der Waals surface area contributed by atoms with E-state index in [1.807, 2.05) is 60.7 Å². The number of carbonyl (C=O) groups is 1. The van der Waals surface area contributed by atoms with E-state index in [0.29, 0.717) is 19.6 Å². The largest absolute Gasteiger partial charge is 0.465 e. The van der Waals surface area contributed by atoms with Crippen molar-refractivity contribution in [3.05, 3.63) is 71.8 Å². The van der Waals surface area contributed by atoms with E-state index in [2.05, 4.69) is 0 Å². The third kappa shape index (κ3) is 3.67. The topological polar surface area (TPSA) is 59.0 Å². The van der Waals surface area contributed by atoms with E-state index in [0.717, 1.165) is 11.1 Å². The number of piperidine rings is 1. The van der Waals surface area contributed by atoms with Crippen molar-refractivity contribution >= 4 is 6.09 Å². The van der Waals surface area contributed by atoms with Crippen molar-refractivity contribution in [3.8, 4) is 0 Å². The van der Waals surface area contributed by atoms with Gasteiger partial charge in [-0.25, -0.2) is 4.79 Å². The molecule has 1 saturated heterocycles. The molecule has 2 aromatic rings. The van der Waals surface area contributed by atoms with Crippen LogP contribution in [0, 0.1) is 0 Å². The van der Waals surface area contributed by atoms with Crippen LogP contribution < -0.4 is 0 Å². The number of likely N-dealkylation sites (tertiary alicyclic amines) is 1. The van der Waals surface area contributed by atoms with Crippen LogP contribution in [0.1, 0.15) is 17.5 Å². The van der Waals surface area contributed by atoms with Gasteiger partial charge >= 0.3 is 6.09 Å². The molecular formula is C20H23NO4. The standard InChI is InChI=1S/C20H23NO4/c1-24-20(17-10-6-3-7-11-17)12-13-21(19(22)23)14-18(20)25-15-16-8-4-2-5-9-16/h2-11,18H,12-15H2,1H3,(H,22,23)/t18-,20-/m0/s1. The minimum atomic E-state index is -0.925. The molecular weight excluding hydrogens is 318 g/mol. The number of carboxylic acid groups (broad SMARTS) is 1. The number of hydrogen-bond acceptors (Lipinski definition) is 3. The SMILES string of the molecule is CO[C@]1(c2ccccc2)CCN(C(=O)O)C[C@@H]1OCc1ccccc1. The summed E-state index contributed by atoms with van der Waals surface area (Å²) in [5.41, 5.74) is 1.41. The third-order valence-electron chi connectivity index (χ3n) is 4.85. The molecule has 0 saturated carbocycles. The first-order chi connectivity index (χ1) is 12.2. The fourth-order valence-electron chi connectivity index (χ4n) is 3.43. The van der Waals surface area contributed by atoms with Gasteiger partial charge < -0.3 is 19.5 Å². The molecule has 0 bridgehead atoms. The maximum absolute atomic E-state index is 11.4. The summed E-state index contributed by atoms with van der Waals surface area (Å²) in [7, 11) is 1.67. The molecule has 0 spiro atoms. The highest BCUT2D eigenvalue weighted by Crippen LogP contribution is 2.38. The third-order valence-corrected chi connectivity index (χ3v) is 4.85. The molecule has 3 rings (SSSR count). The van der Waals surface area contributed by atoms with Crippen molar-refractivity contribution in [2.75, 3.05) is 20.2 Å². The zero-order chi connectivity index (χ0) is 17.7. The summed E-state index contributed by atoms with van der Waals surface area (Å²) >= 11 is 0. The maximum Gasteiger partial charge on any atom is 0.407 e. The van der Waals surface area contributed by atoms with Crippen molar-refractivity contribution in [2.45, 2.75) is 24.7 Å². The van der Waals surface area contributed by atoms with Crippen LogP contribution in [-0.4, -0.2) is 42.4 Å². The number of benzene rings is 2. The smallest absolute Gasteiger partial charge is 0.407 e. The molecule has 5 heteroatoms. The zero-order valence-electron chi connectivity index (χ0n) is 14.3. The molecule has 25 heavy (non-hydrogen) atoms. The lowest BCUT2D eigenvalue weighted by atomic mass is 9.81. The number of amides is 1. The Morgan fingerprint density at radius 2 is 1.80 bits per heavy atom. The van der Waals surface area contributed by atoms with Crippen molar-refractivity contribution in [3.63, 3.8) is 0 Å². The van der Waals surface area contributed by atoms with E-state index >= 15 is 0 Å². The van der Waals surface area contributed by atoms with Crippen molar-refractivity contribution in [1.29, 1.82) is 0 Å². The molecule has 1 heterocycles. The Bertz CT molecular complexity index is 691. The fraction of sp³-hybridized carbons (Fsp3) is 0.350. The predicted octanol–water partition coefficient (Wildman–Crippen LogP) is 3.50. The lowest BCUT2D eigenvalue weighted by Crippen LogP contribution is -2.56. The maximum atomic E-state index is 11.4. The molecule has 0 aliphatic carbocycles. The lowest BCUT2D eigenvalue weighted by Gasteiger charge is -2.46. The van der Waals surface area contributed by atoms with E-state index in [1.165, 1.54) is 4.90 Å². The number of rotatable bonds is 5. The average Bonchev–Trinajstić information content (AvgIpc) is 2.67. The Hall–Kier alpha value is -2.37. The van der Waals surface area contributed by atoms with E-state index in [1.54, 1.807) is 7.11 Å². The van der Waals surface area contributed by atoms with Gasteiger partial charge in [0.1, 0.15) is 11.7 Å². The molecule has 0 radical (unpaired) electrons. The summed E-state index contributed by atoms with van der Waals surface area (Å²) in [5, 5.41) is 9.38. The molecule has 132 valence electrons. The number of nitrogens with zero attached hydrogens (tertiary/aromatic N) is 1. The van der Waals surface area contributed by atoms with E-state index in [4.69, 9.17) is 9.47 Å². The highest BCUT2D eigenvalue weighted by Gasteiger charge is 2.46.